The molecule has 0 saturated carbocycles. The van der Waals surface area contributed by atoms with Gasteiger partial charge in [-0.15, -0.1) is 0 Å². The lowest BCUT2D eigenvalue weighted by molar-refractivity contribution is 1.06. The second-order valence-corrected chi connectivity index (χ2v) is 5.77. The highest BCUT2D eigenvalue weighted by molar-refractivity contribution is 5.80. The summed E-state index contributed by atoms with van der Waals surface area (Å²) in [4.78, 5) is 9.39. The quantitative estimate of drug-likeness (QED) is 0.537. The van der Waals surface area contributed by atoms with Crippen LogP contribution in [0.15, 0.2) is 66.9 Å². The van der Waals surface area contributed by atoms with Crippen LogP contribution in [-0.2, 0) is 0 Å². The number of benzene rings is 2. The summed E-state index contributed by atoms with van der Waals surface area (Å²) in [6, 6.07) is 20.7. The van der Waals surface area contributed by atoms with Gasteiger partial charge in [-0.25, -0.2) is 9.97 Å². The first-order chi connectivity index (χ1) is 11.2. The molecule has 23 heavy (non-hydrogen) atoms. The van der Waals surface area contributed by atoms with Gasteiger partial charge < -0.3 is 0 Å². The highest BCUT2D eigenvalue weighted by Crippen LogP contribution is 2.28. The molecule has 0 saturated heterocycles. The lowest BCUT2D eigenvalue weighted by atomic mass is 10.1. The highest BCUT2D eigenvalue weighted by atomic mass is 15.1. The second kappa shape index (κ2) is 5.36. The van der Waals surface area contributed by atoms with E-state index in [1.807, 2.05) is 18.3 Å². The number of para-hydroxylation sites is 1. The van der Waals surface area contributed by atoms with Crippen LogP contribution >= 0.6 is 0 Å². The summed E-state index contributed by atoms with van der Waals surface area (Å²) in [6.45, 7) is 4.21. The van der Waals surface area contributed by atoms with E-state index in [2.05, 4.69) is 71.9 Å². The minimum absolute atomic E-state index is 0.886. The first-order valence-corrected chi connectivity index (χ1v) is 7.70. The number of imidazole rings is 1. The van der Waals surface area contributed by atoms with E-state index in [0.717, 1.165) is 28.2 Å². The van der Waals surface area contributed by atoms with Gasteiger partial charge in [-0.3, -0.25) is 4.57 Å². The van der Waals surface area contributed by atoms with E-state index >= 15 is 0 Å². The fraction of sp³-hybridized carbons (Fsp3) is 0.100. The number of aromatic nitrogens is 3. The van der Waals surface area contributed by atoms with E-state index in [4.69, 9.17) is 4.98 Å². The van der Waals surface area contributed by atoms with Crippen molar-refractivity contribution in [3.63, 3.8) is 0 Å². The third-order valence-electron chi connectivity index (χ3n) is 4.08. The average Bonchev–Trinajstić information content (AvgIpc) is 2.95. The van der Waals surface area contributed by atoms with E-state index in [0.29, 0.717) is 0 Å². The Morgan fingerprint density at radius 1 is 0.826 bits per heavy atom. The molecule has 0 spiro atoms. The van der Waals surface area contributed by atoms with Crippen LogP contribution in [0.1, 0.15) is 11.1 Å². The van der Waals surface area contributed by atoms with Gasteiger partial charge in [0.2, 0.25) is 0 Å². The van der Waals surface area contributed by atoms with Crippen molar-refractivity contribution in [1.82, 2.24) is 14.5 Å². The zero-order valence-electron chi connectivity index (χ0n) is 13.2. The van der Waals surface area contributed by atoms with Crippen LogP contribution in [0.3, 0.4) is 0 Å². The Morgan fingerprint density at radius 2 is 1.61 bits per heavy atom. The van der Waals surface area contributed by atoms with Gasteiger partial charge >= 0.3 is 0 Å². The summed E-state index contributed by atoms with van der Waals surface area (Å²) >= 11 is 0. The number of fused-ring (bicyclic) bond motifs is 1. The summed E-state index contributed by atoms with van der Waals surface area (Å²) in [5, 5.41) is 0. The molecule has 0 unspecified atom stereocenters. The minimum Gasteiger partial charge on any atom is -0.276 e. The first kappa shape index (κ1) is 13.7. The van der Waals surface area contributed by atoms with E-state index < -0.39 is 0 Å². The van der Waals surface area contributed by atoms with Crippen molar-refractivity contribution < 1.29 is 0 Å². The Balaban J connectivity index is 2.06. The van der Waals surface area contributed by atoms with Crippen molar-refractivity contribution in [1.29, 1.82) is 0 Å². The SMILES string of the molecule is Cc1ccc(-c2nc3cccnc3n2-c2ccccc2C)cc1. The van der Waals surface area contributed by atoms with Gasteiger partial charge in [-0.2, -0.15) is 0 Å². The normalized spacial score (nSPS) is 11.0. The maximum Gasteiger partial charge on any atom is 0.164 e. The molecule has 0 aliphatic carbocycles. The van der Waals surface area contributed by atoms with Crippen LogP contribution in [0, 0.1) is 13.8 Å². The van der Waals surface area contributed by atoms with Crippen LogP contribution in [0.4, 0.5) is 0 Å². The number of hydrogen-bond acceptors (Lipinski definition) is 2. The van der Waals surface area contributed by atoms with Crippen molar-refractivity contribution in [2.75, 3.05) is 0 Å². The smallest absolute Gasteiger partial charge is 0.164 e. The van der Waals surface area contributed by atoms with E-state index in [1.165, 1.54) is 11.1 Å². The lowest BCUT2D eigenvalue weighted by Crippen LogP contribution is -2.00. The van der Waals surface area contributed by atoms with Gasteiger partial charge in [0.05, 0.1) is 5.69 Å². The van der Waals surface area contributed by atoms with Crippen LogP contribution in [-0.4, -0.2) is 14.5 Å². The fourth-order valence-electron chi connectivity index (χ4n) is 2.85. The number of rotatable bonds is 2. The molecule has 112 valence electrons. The van der Waals surface area contributed by atoms with Crippen molar-refractivity contribution in [3.8, 4) is 17.1 Å². The predicted octanol–water partition coefficient (Wildman–Crippen LogP) is 4.70. The molecule has 2 heterocycles. The maximum absolute atomic E-state index is 4.83. The van der Waals surface area contributed by atoms with Crippen LogP contribution in [0.2, 0.25) is 0 Å². The molecule has 0 fully saturated rings. The van der Waals surface area contributed by atoms with E-state index in [9.17, 15) is 0 Å². The van der Waals surface area contributed by atoms with Crippen molar-refractivity contribution in [3.05, 3.63) is 78.0 Å². The van der Waals surface area contributed by atoms with Gasteiger partial charge in [0.1, 0.15) is 11.3 Å². The Kier molecular flexibility index (Phi) is 3.19. The van der Waals surface area contributed by atoms with Crippen LogP contribution in [0.25, 0.3) is 28.2 Å². The van der Waals surface area contributed by atoms with Gasteiger partial charge in [0.15, 0.2) is 5.65 Å². The summed E-state index contributed by atoms with van der Waals surface area (Å²) in [5.41, 5.74) is 6.45. The molecule has 0 aliphatic heterocycles. The molecule has 0 amide bonds. The molecule has 0 aliphatic rings. The molecule has 0 N–H and O–H groups in total. The van der Waals surface area contributed by atoms with Gasteiger partial charge in [-0.05, 0) is 37.6 Å². The molecular weight excluding hydrogens is 282 g/mol. The predicted molar refractivity (Wildman–Crippen MR) is 93.8 cm³/mol. The summed E-state index contributed by atoms with van der Waals surface area (Å²) in [5.74, 6) is 0.924. The number of aryl methyl sites for hydroxylation is 2. The molecule has 0 radical (unpaired) electrons. The Morgan fingerprint density at radius 3 is 2.39 bits per heavy atom. The zero-order valence-corrected chi connectivity index (χ0v) is 13.2. The number of pyridine rings is 1. The van der Waals surface area contributed by atoms with Gasteiger partial charge in [0.25, 0.3) is 0 Å². The molecule has 3 heteroatoms. The molecular formula is C20H17N3. The number of nitrogens with zero attached hydrogens (tertiary/aromatic N) is 3. The van der Waals surface area contributed by atoms with Crippen molar-refractivity contribution in [2.45, 2.75) is 13.8 Å². The summed E-state index contributed by atoms with van der Waals surface area (Å²) in [7, 11) is 0. The first-order valence-electron chi connectivity index (χ1n) is 7.70. The molecule has 0 atom stereocenters. The monoisotopic (exact) mass is 299 g/mol. The van der Waals surface area contributed by atoms with E-state index in [-0.39, 0.29) is 0 Å². The molecule has 2 aromatic heterocycles. The van der Waals surface area contributed by atoms with Crippen LogP contribution in [0.5, 0.6) is 0 Å². The summed E-state index contributed by atoms with van der Waals surface area (Å²) < 4.78 is 2.15. The van der Waals surface area contributed by atoms with Gasteiger partial charge in [0, 0.05) is 11.8 Å². The maximum atomic E-state index is 4.83. The zero-order chi connectivity index (χ0) is 15.8. The lowest BCUT2D eigenvalue weighted by Gasteiger charge is -2.11. The average molecular weight is 299 g/mol. The third kappa shape index (κ3) is 2.30. The van der Waals surface area contributed by atoms with Crippen molar-refractivity contribution >= 4 is 11.2 Å². The van der Waals surface area contributed by atoms with Crippen LogP contribution < -0.4 is 0 Å². The van der Waals surface area contributed by atoms with E-state index in [1.54, 1.807) is 0 Å². The van der Waals surface area contributed by atoms with Crippen molar-refractivity contribution in [2.24, 2.45) is 0 Å². The molecule has 4 rings (SSSR count). The Hall–Kier alpha value is -2.94. The Labute approximate surface area is 135 Å². The third-order valence-corrected chi connectivity index (χ3v) is 4.08. The summed E-state index contributed by atoms with van der Waals surface area (Å²) in [6.07, 6.45) is 1.82. The standard InChI is InChI=1S/C20H17N3/c1-14-9-11-16(12-10-14)19-22-17-7-5-13-21-20(17)23(19)18-8-4-3-6-15(18)2/h3-13H,1-2H3. The second-order valence-electron chi connectivity index (χ2n) is 5.77. The highest BCUT2D eigenvalue weighted by Gasteiger charge is 2.15. The molecule has 0 bridgehead atoms. The minimum atomic E-state index is 0.886. The van der Waals surface area contributed by atoms with Gasteiger partial charge in [-0.1, -0.05) is 48.0 Å². The topological polar surface area (TPSA) is 30.7 Å². The largest absolute Gasteiger partial charge is 0.276 e. The molecule has 3 nitrogen and oxygen atoms in total. The fourth-order valence-corrected chi connectivity index (χ4v) is 2.85. The Bertz CT molecular complexity index is 981. The number of hydrogen-bond donors (Lipinski definition) is 0. The molecule has 2 aromatic carbocycles. The molecule has 4 aromatic rings.